The average molecular weight is 407 g/mol. The van der Waals surface area contributed by atoms with Crippen LogP contribution in [0.25, 0.3) is 0 Å². The molecule has 146 valence electrons. The highest BCUT2D eigenvalue weighted by Crippen LogP contribution is 2.26. The van der Waals surface area contributed by atoms with Gasteiger partial charge < -0.3 is 5.32 Å². The van der Waals surface area contributed by atoms with Crippen LogP contribution in [0.15, 0.2) is 53.4 Å². The number of hydrogen-bond donors (Lipinski definition) is 1. The summed E-state index contributed by atoms with van der Waals surface area (Å²) >= 11 is 1.73. The second-order valence-electron chi connectivity index (χ2n) is 6.38. The molecule has 0 unspecified atom stereocenters. The summed E-state index contributed by atoms with van der Waals surface area (Å²) in [5.74, 6) is 0.588. The van der Waals surface area contributed by atoms with Gasteiger partial charge in [0.05, 0.1) is 11.9 Å². The number of benzene rings is 2. The zero-order chi connectivity index (χ0) is 19.9. The van der Waals surface area contributed by atoms with Crippen molar-refractivity contribution in [3.05, 3.63) is 59.7 Å². The molecule has 0 saturated heterocycles. The minimum atomic E-state index is -3.56. The van der Waals surface area contributed by atoms with E-state index in [4.69, 9.17) is 0 Å². The number of para-hydroxylation sites is 1. The van der Waals surface area contributed by atoms with E-state index in [1.54, 1.807) is 11.8 Å². The molecule has 0 aliphatic rings. The molecule has 2 aromatic rings. The highest BCUT2D eigenvalue weighted by molar-refractivity contribution is 7.99. The van der Waals surface area contributed by atoms with E-state index >= 15 is 0 Å². The highest BCUT2D eigenvalue weighted by atomic mass is 32.2. The molecular weight excluding hydrogens is 380 g/mol. The van der Waals surface area contributed by atoms with E-state index in [-0.39, 0.29) is 12.5 Å². The smallest absolute Gasteiger partial charge is 0.240 e. The summed E-state index contributed by atoms with van der Waals surface area (Å²) < 4.78 is 25.7. The zero-order valence-corrected chi connectivity index (χ0v) is 17.6. The maximum Gasteiger partial charge on any atom is 0.240 e. The quantitative estimate of drug-likeness (QED) is 0.512. The molecule has 0 bridgehead atoms. The van der Waals surface area contributed by atoms with Gasteiger partial charge >= 0.3 is 0 Å². The van der Waals surface area contributed by atoms with Gasteiger partial charge in [-0.25, -0.2) is 8.42 Å². The molecule has 0 fully saturated rings. The monoisotopic (exact) mass is 406 g/mol. The molecule has 5 nitrogen and oxygen atoms in total. The number of carbonyl (C=O) groups is 1. The first-order chi connectivity index (χ1) is 12.8. The maximum absolute atomic E-state index is 12.3. The summed E-state index contributed by atoms with van der Waals surface area (Å²) in [5, 5.41) is 2.82. The number of hydrogen-bond acceptors (Lipinski definition) is 4. The van der Waals surface area contributed by atoms with Gasteiger partial charge in [0, 0.05) is 11.4 Å². The number of sulfonamides is 1. The van der Waals surface area contributed by atoms with Gasteiger partial charge in [-0.3, -0.25) is 9.10 Å². The van der Waals surface area contributed by atoms with E-state index in [9.17, 15) is 13.2 Å². The summed E-state index contributed by atoms with van der Waals surface area (Å²) in [4.78, 5) is 13.5. The molecule has 2 aromatic carbocycles. The normalized spacial score (nSPS) is 11.2. The van der Waals surface area contributed by atoms with Gasteiger partial charge in [0.15, 0.2) is 0 Å². The zero-order valence-electron chi connectivity index (χ0n) is 15.9. The van der Waals surface area contributed by atoms with E-state index in [1.165, 1.54) is 9.20 Å². The van der Waals surface area contributed by atoms with E-state index in [0.717, 1.165) is 29.6 Å². The van der Waals surface area contributed by atoms with Gasteiger partial charge in [-0.1, -0.05) is 36.4 Å². The molecule has 1 amide bonds. The van der Waals surface area contributed by atoms with Crippen LogP contribution >= 0.6 is 11.8 Å². The van der Waals surface area contributed by atoms with Crippen molar-refractivity contribution >= 4 is 33.4 Å². The Kier molecular flexibility index (Phi) is 7.74. The lowest BCUT2D eigenvalue weighted by Crippen LogP contribution is -2.41. The molecule has 0 spiro atoms. The topological polar surface area (TPSA) is 66.5 Å². The van der Waals surface area contributed by atoms with Gasteiger partial charge in [-0.05, 0) is 49.3 Å². The number of nitrogens with one attached hydrogen (secondary N) is 1. The first-order valence-corrected chi connectivity index (χ1v) is 11.6. The largest absolute Gasteiger partial charge is 0.354 e. The van der Waals surface area contributed by atoms with Crippen LogP contribution in [0.5, 0.6) is 0 Å². The Morgan fingerprint density at radius 1 is 1.04 bits per heavy atom. The third-order valence-electron chi connectivity index (χ3n) is 4.03. The number of thioether (sulfide) groups is 1. The van der Waals surface area contributed by atoms with Crippen molar-refractivity contribution in [3.63, 3.8) is 0 Å². The Hall–Kier alpha value is -1.99. The molecule has 0 aromatic heterocycles. The van der Waals surface area contributed by atoms with Crippen molar-refractivity contribution in [2.24, 2.45) is 0 Å². The van der Waals surface area contributed by atoms with Crippen molar-refractivity contribution in [2.45, 2.75) is 25.2 Å². The van der Waals surface area contributed by atoms with Gasteiger partial charge in [-0.2, -0.15) is 0 Å². The predicted molar refractivity (Wildman–Crippen MR) is 113 cm³/mol. The minimum absolute atomic E-state index is 0.212. The minimum Gasteiger partial charge on any atom is -0.354 e. The fourth-order valence-electron chi connectivity index (χ4n) is 2.75. The van der Waals surface area contributed by atoms with Crippen LogP contribution in [0.3, 0.4) is 0 Å². The molecule has 0 heterocycles. The van der Waals surface area contributed by atoms with Crippen molar-refractivity contribution in [1.82, 2.24) is 5.32 Å². The lowest BCUT2D eigenvalue weighted by atomic mass is 10.1. The molecule has 7 heteroatoms. The van der Waals surface area contributed by atoms with E-state index in [1.807, 2.05) is 50.2 Å². The van der Waals surface area contributed by atoms with Gasteiger partial charge in [0.2, 0.25) is 15.9 Å². The summed E-state index contributed by atoms with van der Waals surface area (Å²) in [7, 11) is -3.56. The van der Waals surface area contributed by atoms with Crippen molar-refractivity contribution in [2.75, 3.05) is 29.4 Å². The molecule has 0 saturated carbocycles. The molecule has 0 aliphatic carbocycles. The Morgan fingerprint density at radius 3 is 2.26 bits per heavy atom. The van der Waals surface area contributed by atoms with Crippen molar-refractivity contribution in [1.29, 1.82) is 0 Å². The van der Waals surface area contributed by atoms with Crippen LogP contribution in [0, 0.1) is 13.8 Å². The molecule has 1 N–H and O–H groups in total. The van der Waals surface area contributed by atoms with Crippen LogP contribution in [0.4, 0.5) is 5.69 Å². The summed E-state index contributed by atoms with van der Waals surface area (Å²) in [6.07, 6.45) is 1.94. The highest BCUT2D eigenvalue weighted by Gasteiger charge is 2.23. The Balaban J connectivity index is 1.89. The fraction of sp³-hybridized carbons (Fsp3) is 0.350. The average Bonchev–Trinajstić information content (AvgIpc) is 2.60. The van der Waals surface area contributed by atoms with Crippen LogP contribution in [0.1, 0.15) is 17.5 Å². The van der Waals surface area contributed by atoms with E-state index in [2.05, 4.69) is 17.4 Å². The maximum atomic E-state index is 12.3. The predicted octanol–water partition coefficient (Wildman–Crippen LogP) is 3.37. The SMILES string of the molecule is Cc1cccc(C)c1N(CC(=O)NCCCSc1ccccc1)S(C)(=O)=O. The first kappa shape index (κ1) is 21.3. The van der Waals surface area contributed by atoms with Crippen LogP contribution in [-0.2, 0) is 14.8 Å². The summed E-state index contributed by atoms with van der Waals surface area (Å²) in [6, 6.07) is 15.6. The Labute approximate surface area is 166 Å². The summed E-state index contributed by atoms with van der Waals surface area (Å²) in [5.41, 5.74) is 2.23. The molecular formula is C20H26N2O3S2. The van der Waals surface area contributed by atoms with Gasteiger partial charge in [-0.15, -0.1) is 11.8 Å². The number of nitrogens with zero attached hydrogens (tertiary/aromatic N) is 1. The molecule has 0 radical (unpaired) electrons. The summed E-state index contributed by atoms with van der Waals surface area (Å²) in [6.45, 7) is 4.00. The van der Waals surface area contributed by atoms with Gasteiger partial charge in [0.25, 0.3) is 0 Å². The van der Waals surface area contributed by atoms with Crippen molar-refractivity contribution < 1.29 is 13.2 Å². The first-order valence-electron chi connectivity index (χ1n) is 8.77. The molecule has 0 atom stereocenters. The molecule has 27 heavy (non-hydrogen) atoms. The lowest BCUT2D eigenvalue weighted by Gasteiger charge is -2.25. The fourth-order valence-corrected chi connectivity index (χ4v) is 4.60. The third kappa shape index (κ3) is 6.59. The van der Waals surface area contributed by atoms with Crippen LogP contribution in [-0.4, -0.2) is 39.4 Å². The lowest BCUT2D eigenvalue weighted by molar-refractivity contribution is -0.119. The number of rotatable bonds is 9. The molecule has 0 aliphatic heterocycles. The molecule has 2 rings (SSSR count). The van der Waals surface area contributed by atoms with E-state index in [0.29, 0.717) is 12.2 Å². The van der Waals surface area contributed by atoms with E-state index < -0.39 is 10.0 Å². The Morgan fingerprint density at radius 2 is 1.67 bits per heavy atom. The number of carbonyl (C=O) groups excluding carboxylic acids is 1. The van der Waals surface area contributed by atoms with Crippen LogP contribution in [0.2, 0.25) is 0 Å². The number of amides is 1. The Bertz CT molecular complexity index is 848. The van der Waals surface area contributed by atoms with Gasteiger partial charge in [0.1, 0.15) is 6.54 Å². The number of aryl methyl sites for hydroxylation is 2. The number of anilines is 1. The third-order valence-corrected chi connectivity index (χ3v) is 6.24. The second kappa shape index (κ2) is 9.80. The second-order valence-corrected chi connectivity index (χ2v) is 9.45. The standard InChI is InChI=1S/C20H26N2O3S2/c1-16-9-7-10-17(2)20(16)22(27(3,24)25)15-19(23)21-13-8-14-26-18-11-5-4-6-12-18/h4-7,9-12H,8,13-15H2,1-3H3,(H,21,23). The van der Waals surface area contributed by atoms with Crippen LogP contribution < -0.4 is 9.62 Å². The van der Waals surface area contributed by atoms with Crippen molar-refractivity contribution in [3.8, 4) is 0 Å².